The van der Waals surface area contributed by atoms with Gasteiger partial charge in [0, 0.05) is 44.5 Å². The van der Waals surface area contributed by atoms with Crippen molar-refractivity contribution in [3.8, 4) is 0 Å². The second kappa shape index (κ2) is 6.10. The van der Waals surface area contributed by atoms with Gasteiger partial charge in [-0.1, -0.05) is 6.07 Å². The molecule has 4 nitrogen and oxygen atoms in total. The van der Waals surface area contributed by atoms with Gasteiger partial charge in [-0.05, 0) is 19.1 Å². The van der Waals surface area contributed by atoms with Crippen LogP contribution < -0.4 is 5.73 Å². The van der Waals surface area contributed by atoms with Crippen LogP contribution in [0.15, 0.2) is 24.4 Å². The third-order valence-corrected chi connectivity index (χ3v) is 3.08. The Morgan fingerprint density at radius 1 is 1.47 bits per heavy atom. The fraction of sp³-hybridized carbons (Fsp3) is 0.615. The molecule has 1 aliphatic heterocycles. The average molecular weight is 235 g/mol. The Labute approximate surface area is 103 Å². The van der Waals surface area contributed by atoms with Crippen LogP contribution in [0.3, 0.4) is 0 Å². The lowest BCUT2D eigenvalue weighted by Gasteiger charge is -2.36. The van der Waals surface area contributed by atoms with Crippen LogP contribution in [-0.2, 0) is 11.2 Å². The largest absolute Gasteiger partial charge is 0.371 e. The number of hydrogen-bond acceptors (Lipinski definition) is 4. The minimum absolute atomic E-state index is 0.183. The number of pyridine rings is 1. The maximum Gasteiger partial charge on any atom is 0.0828 e. The molecular formula is C13H21N3O. The molecule has 2 rings (SSSR count). The van der Waals surface area contributed by atoms with Gasteiger partial charge in [0.1, 0.15) is 0 Å². The highest BCUT2D eigenvalue weighted by atomic mass is 16.5. The van der Waals surface area contributed by atoms with Crippen molar-refractivity contribution in [2.24, 2.45) is 5.73 Å². The molecule has 1 aliphatic rings. The summed E-state index contributed by atoms with van der Waals surface area (Å²) in [5.74, 6) is 0. The predicted octanol–water partition coefficient (Wildman–Crippen LogP) is 0.672. The standard InChI is InChI=1S/C13H21N3O/c1-11-9-16(10-13(8-14)17-11)7-5-12-4-2-3-6-15-12/h2-4,6,11,13H,5,7-10,14H2,1H3. The molecule has 0 amide bonds. The van der Waals surface area contributed by atoms with Crippen LogP contribution in [0.5, 0.6) is 0 Å². The number of nitrogens with zero attached hydrogens (tertiary/aromatic N) is 2. The molecule has 1 saturated heterocycles. The molecule has 4 heteroatoms. The molecule has 0 saturated carbocycles. The molecule has 0 aliphatic carbocycles. The fourth-order valence-electron chi connectivity index (χ4n) is 2.27. The van der Waals surface area contributed by atoms with Gasteiger partial charge < -0.3 is 10.5 Å². The van der Waals surface area contributed by atoms with Gasteiger partial charge in [0.25, 0.3) is 0 Å². The SMILES string of the molecule is CC1CN(CCc2ccccn2)CC(CN)O1. The van der Waals surface area contributed by atoms with Crippen molar-refractivity contribution >= 4 is 0 Å². The first kappa shape index (κ1) is 12.5. The molecule has 17 heavy (non-hydrogen) atoms. The summed E-state index contributed by atoms with van der Waals surface area (Å²) in [5.41, 5.74) is 6.82. The molecule has 1 fully saturated rings. The first-order valence-corrected chi connectivity index (χ1v) is 6.25. The number of rotatable bonds is 4. The highest BCUT2D eigenvalue weighted by Gasteiger charge is 2.23. The molecule has 2 heterocycles. The Morgan fingerprint density at radius 3 is 3.06 bits per heavy atom. The normalized spacial score (nSPS) is 26.0. The van der Waals surface area contributed by atoms with Gasteiger partial charge in [-0.3, -0.25) is 9.88 Å². The van der Waals surface area contributed by atoms with Gasteiger partial charge in [0.15, 0.2) is 0 Å². The number of nitrogens with two attached hydrogens (primary N) is 1. The van der Waals surface area contributed by atoms with E-state index in [-0.39, 0.29) is 12.2 Å². The van der Waals surface area contributed by atoms with Gasteiger partial charge >= 0.3 is 0 Å². The fourth-order valence-corrected chi connectivity index (χ4v) is 2.27. The zero-order valence-corrected chi connectivity index (χ0v) is 10.4. The predicted molar refractivity (Wildman–Crippen MR) is 67.8 cm³/mol. The van der Waals surface area contributed by atoms with Crippen LogP contribution in [0.25, 0.3) is 0 Å². The summed E-state index contributed by atoms with van der Waals surface area (Å²) in [6.45, 7) is 5.66. The zero-order valence-electron chi connectivity index (χ0n) is 10.4. The van der Waals surface area contributed by atoms with E-state index < -0.39 is 0 Å². The van der Waals surface area contributed by atoms with Crippen LogP contribution >= 0.6 is 0 Å². The van der Waals surface area contributed by atoms with Crippen molar-refractivity contribution in [3.63, 3.8) is 0 Å². The summed E-state index contributed by atoms with van der Waals surface area (Å²) >= 11 is 0. The third kappa shape index (κ3) is 3.77. The molecule has 1 aromatic rings. The van der Waals surface area contributed by atoms with Crippen molar-refractivity contribution < 1.29 is 4.74 Å². The molecular weight excluding hydrogens is 214 g/mol. The first-order valence-electron chi connectivity index (χ1n) is 6.25. The average Bonchev–Trinajstić information content (AvgIpc) is 2.37. The zero-order chi connectivity index (χ0) is 12.1. The van der Waals surface area contributed by atoms with Crippen molar-refractivity contribution in [1.29, 1.82) is 0 Å². The second-order valence-corrected chi connectivity index (χ2v) is 4.64. The Bertz CT molecular complexity index is 331. The van der Waals surface area contributed by atoms with Gasteiger partial charge in [-0.25, -0.2) is 0 Å². The van der Waals surface area contributed by atoms with Crippen molar-refractivity contribution in [3.05, 3.63) is 30.1 Å². The van der Waals surface area contributed by atoms with Gasteiger partial charge in [-0.2, -0.15) is 0 Å². The maximum atomic E-state index is 5.74. The Kier molecular flexibility index (Phi) is 4.48. The summed E-state index contributed by atoms with van der Waals surface area (Å²) in [4.78, 5) is 6.76. The quantitative estimate of drug-likeness (QED) is 0.833. The van der Waals surface area contributed by atoms with E-state index in [2.05, 4.69) is 22.9 Å². The molecule has 2 unspecified atom stereocenters. The molecule has 2 atom stereocenters. The Balaban J connectivity index is 1.82. The van der Waals surface area contributed by atoms with E-state index >= 15 is 0 Å². The van der Waals surface area contributed by atoms with E-state index in [1.807, 2.05) is 18.3 Å². The topological polar surface area (TPSA) is 51.4 Å². The third-order valence-electron chi connectivity index (χ3n) is 3.08. The Hall–Kier alpha value is -0.970. The van der Waals surface area contributed by atoms with E-state index in [4.69, 9.17) is 10.5 Å². The number of morpholine rings is 1. The molecule has 0 radical (unpaired) electrons. The van der Waals surface area contributed by atoms with Crippen molar-refractivity contribution in [2.75, 3.05) is 26.2 Å². The second-order valence-electron chi connectivity index (χ2n) is 4.64. The smallest absolute Gasteiger partial charge is 0.0828 e. The summed E-state index contributed by atoms with van der Waals surface area (Å²) in [6.07, 6.45) is 3.30. The van der Waals surface area contributed by atoms with Gasteiger partial charge in [0.05, 0.1) is 12.2 Å². The number of aromatic nitrogens is 1. The summed E-state index contributed by atoms with van der Waals surface area (Å²) in [6, 6.07) is 6.06. The summed E-state index contributed by atoms with van der Waals surface area (Å²) in [5, 5.41) is 0. The highest BCUT2D eigenvalue weighted by Crippen LogP contribution is 2.10. The highest BCUT2D eigenvalue weighted by molar-refractivity contribution is 5.03. The first-order chi connectivity index (χ1) is 8.28. The lowest BCUT2D eigenvalue weighted by atomic mass is 10.2. The van der Waals surface area contributed by atoms with Gasteiger partial charge in [-0.15, -0.1) is 0 Å². The van der Waals surface area contributed by atoms with Crippen LogP contribution in [0.2, 0.25) is 0 Å². The van der Waals surface area contributed by atoms with E-state index in [0.29, 0.717) is 6.54 Å². The lowest BCUT2D eigenvalue weighted by Crippen LogP contribution is -2.49. The minimum Gasteiger partial charge on any atom is -0.371 e. The van der Waals surface area contributed by atoms with Crippen molar-refractivity contribution in [1.82, 2.24) is 9.88 Å². The van der Waals surface area contributed by atoms with E-state index in [1.54, 1.807) is 0 Å². The molecule has 1 aromatic heterocycles. The number of ether oxygens (including phenoxy) is 1. The summed E-state index contributed by atoms with van der Waals surface area (Å²) < 4.78 is 5.74. The molecule has 0 aromatic carbocycles. The van der Waals surface area contributed by atoms with Gasteiger partial charge in [0.2, 0.25) is 0 Å². The molecule has 0 spiro atoms. The lowest BCUT2D eigenvalue weighted by molar-refractivity contribution is -0.0716. The Morgan fingerprint density at radius 2 is 2.35 bits per heavy atom. The van der Waals surface area contributed by atoms with Crippen molar-refractivity contribution in [2.45, 2.75) is 25.6 Å². The van der Waals surface area contributed by atoms with Crippen LogP contribution in [-0.4, -0.2) is 48.3 Å². The van der Waals surface area contributed by atoms with Crippen LogP contribution in [0.1, 0.15) is 12.6 Å². The van der Waals surface area contributed by atoms with E-state index in [0.717, 1.165) is 31.7 Å². The van der Waals surface area contributed by atoms with E-state index in [9.17, 15) is 0 Å². The monoisotopic (exact) mass is 235 g/mol. The number of hydrogen-bond donors (Lipinski definition) is 1. The molecule has 2 N–H and O–H groups in total. The maximum absolute atomic E-state index is 5.74. The molecule has 0 bridgehead atoms. The van der Waals surface area contributed by atoms with Crippen LogP contribution in [0.4, 0.5) is 0 Å². The minimum atomic E-state index is 0.183. The van der Waals surface area contributed by atoms with Crippen LogP contribution in [0, 0.1) is 0 Å². The van der Waals surface area contributed by atoms with E-state index in [1.165, 1.54) is 0 Å². The molecule has 94 valence electrons. The summed E-state index contributed by atoms with van der Waals surface area (Å²) in [7, 11) is 0.